The second kappa shape index (κ2) is 7.75. The summed E-state index contributed by atoms with van der Waals surface area (Å²) < 4.78 is 26.7. The lowest BCUT2D eigenvalue weighted by atomic mass is 10.0. The molecule has 3 aromatic rings. The highest BCUT2D eigenvalue weighted by Crippen LogP contribution is 2.37. The number of phenols is 1. The average molecular weight is 488 g/mol. The maximum atomic E-state index is 13.2. The summed E-state index contributed by atoms with van der Waals surface area (Å²) >= 11 is 3.35. The molecule has 0 spiro atoms. The third kappa shape index (κ3) is 3.79. The van der Waals surface area contributed by atoms with Crippen LogP contribution in [0.15, 0.2) is 76.1 Å². The first-order valence-electron chi connectivity index (χ1n) is 9.03. The minimum atomic E-state index is -4.05. The number of hydrogen-bond donors (Lipinski definition) is 3. The molecule has 4 rings (SSSR count). The lowest BCUT2D eigenvalue weighted by Crippen LogP contribution is -2.52. The van der Waals surface area contributed by atoms with Crippen LogP contribution in [0.5, 0.6) is 5.75 Å². The van der Waals surface area contributed by atoms with Gasteiger partial charge in [-0.3, -0.25) is 4.79 Å². The van der Waals surface area contributed by atoms with Crippen molar-refractivity contribution in [2.45, 2.75) is 18.0 Å². The molecule has 0 aromatic heterocycles. The van der Waals surface area contributed by atoms with E-state index < -0.39 is 22.1 Å². The van der Waals surface area contributed by atoms with E-state index in [1.807, 2.05) is 6.92 Å². The average Bonchev–Trinajstić information content (AvgIpc) is 2.72. The van der Waals surface area contributed by atoms with Gasteiger partial charge in [0, 0.05) is 15.7 Å². The molecule has 1 aliphatic heterocycles. The van der Waals surface area contributed by atoms with Gasteiger partial charge in [0.05, 0.1) is 10.5 Å². The summed E-state index contributed by atoms with van der Waals surface area (Å²) in [5.41, 5.74) is 2.10. The molecule has 1 heterocycles. The van der Waals surface area contributed by atoms with E-state index >= 15 is 0 Å². The fourth-order valence-corrected chi connectivity index (χ4v) is 4.64. The highest BCUT2D eigenvalue weighted by Gasteiger charge is 2.37. The summed E-state index contributed by atoms with van der Waals surface area (Å²) in [7, 11) is -4.05. The molecule has 9 heteroatoms. The number of hydrogen-bond acceptors (Lipinski definition) is 5. The molecule has 0 saturated carbocycles. The van der Waals surface area contributed by atoms with Crippen LogP contribution in [0.25, 0.3) is 0 Å². The topological polar surface area (TPSA) is 98.7 Å². The van der Waals surface area contributed by atoms with Gasteiger partial charge in [-0.05, 0) is 49.4 Å². The summed E-state index contributed by atoms with van der Waals surface area (Å²) in [4.78, 5) is 15.6. The molecule has 0 unspecified atom stereocenters. The van der Waals surface area contributed by atoms with E-state index in [9.17, 15) is 18.3 Å². The van der Waals surface area contributed by atoms with Crippen LogP contribution in [0.4, 0.5) is 5.69 Å². The Balaban J connectivity index is 1.80. The molecule has 0 bridgehead atoms. The van der Waals surface area contributed by atoms with Crippen LogP contribution in [0, 0.1) is 6.92 Å². The number of carbonyl (C=O) groups excluding carboxylic acids is 1. The van der Waals surface area contributed by atoms with Gasteiger partial charge in [0.2, 0.25) is 0 Å². The Morgan fingerprint density at radius 1 is 1.07 bits per heavy atom. The molecule has 0 radical (unpaired) electrons. The number of rotatable bonds is 4. The molecule has 1 aliphatic rings. The van der Waals surface area contributed by atoms with Gasteiger partial charge in [-0.1, -0.05) is 45.8 Å². The van der Waals surface area contributed by atoms with Crippen molar-refractivity contribution in [3.05, 3.63) is 87.9 Å². The fourth-order valence-electron chi connectivity index (χ4n) is 3.21. The Bertz CT molecular complexity index is 1230. The maximum absolute atomic E-state index is 13.2. The first-order valence-corrected chi connectivity index (χ1v) is 11.3. The second-order valence-corrected chi connectivity index (χ2v) is 9.46. The monoisotopic (exact) mass is 487 g/mol. The van der Waals surface area contributed by atoms with E-state index in [-0.39, 0.29) is 10.6 Å². The summed E-state index contributed by atoms with van der Waals surface area (Å²) in [5.74, 6) is -0.619. The van der Waals surface area contributed by atoms with Crippen molar-refractivity contribution in [3.63, 3.8) is 0 Å². The molecule has 154 valence electrons. The van der Waals surface area contributed by atoms with Gasteiger partial charge < -0.3 is 10.4 Å². The number of para-hydroxylation sites is 1. The zero-order chi connectivity index (χ0) is 21.5. The van der Waals surface area contributed by atoms with Gasteiger partial charge in [-0.25, -0.2) is 13.4 Å². The predicted octanol–water partition coefficient (Wildman–Crippen LogP) is 3.92. The number of nitrogens with one attached hydrogen (secondary N) is 2. The molecule has 3 aromatic carbocycles. The van der Waals surface area contributed by atoms with E-state index in [4.69, 9.17) is 0 Å². The summed E-state index contributed by atoms with van der Waals surface area (Å²) in [6.45, 7) is 1.85. The maximum Gasteiger partial charge on any atom is 0.273 e. The van der Waals surface area contributed by atoms with Crippen LogP contribution in [-0.4, -0.2) is 24.4 Å². The lowest BCUT2D eigenvalue weighted by molar-refractivity contribution is 0.0630. The molecule has 3 N–H and O–H groups in total. The number of sulfonamides is 1. The van der Waals surface area contributed by atoms with Crippen molar-refractivity contribution in [2.75, 3.05) is 5.32 Å². The van der Waals surface area contributed by atoms with Crippen molar-refractivity contribution in [2.24, 2.45) is 0 Å². The Labute approximate surface area is 182 Å². The molecule has 0 aliphatic carbocycles. The number of aromatic hydroxyl groups is 1. The van der Waals surface area contributed by atoms with Gasteiger partial charge in [-0.15, -0.1) is 4.83 Å². The molecule has 1 amide bonds. The molecule has 1 atom stereocenters. The number of fused-ring (bicyclic) bond motifs is 1. The van der Waals surface area contributed by atoms with E-state index in [1.165, 1.54) is 18.2 Å². The van der Waals surface area contributed by atoms with Gasteiger partial charge in [-0.2, -0.15) is 0 Å². The van der Waals surface area contributed by atoms with Gasteiger partial charge in [0.15, 0.2) is 0 Å². The number of anilines is 1. The van der Waals surface area contributed by atoms with Crippen LogP contribution in [-0.2, 0) is 10.0 Å². The zero-order valence-corrected chi connectivity index (χ0v) is 18.2. The smallest absolute Gasteiger partial charge is 0.273 e. The van der Waals surface area contributed by atoms with Crippen LogP contribution in [0.3, 0.4) is 0 Å². The number of nitrogens with zero attached hydrogens (tertiary/aromatic N) is 1. The van der Waals surface area contributed by atoms with Crippen LogP contribution in [0.1, 0.15) is 27.7 Å². The van der Waals surface area contributed by atoms with E-state index in [0.717, 1.165) is 10.6 Å². The number of aryl methyl sites for hydroxylation is 1. The number of carbonyl (C=O) groups is 1. The number of amides is 1. The van der Waals surface area contributed by atoms with Crippen molar-refractivity contribution in [1.82, 2.24) is 9.84 Å². The zero-order valence-electron chi connectivity index (χ0n) is 15.8. The number of hydrazine groups is 1. The van der Waals surface area contributed by atoms with Crippen LogP contribution >= 0.6 is 15.9 Å². The Hall–Kier alpha value is -2.88. The third-order valence-corrected chi connectivity index (χ3v) is 6.58. The normalized spacial score (nSPS) is 16.1. The Morgan fingerprint density at radius 2 is 1.77 bits per heavy atom. The van der Waals surface area contributed by atoms with E-state index in [1.54, 1.807) is 48.5 Å². The molecular weight excluding hydrogens is 470 g/mol. The highest BCUT2D eigenvalue weighted by atomic mass is 79.9. The standard InChI is InChI=1S/C21H18BrN3O4S/c1-13-6-9-15(10-7-13)30(28,29)24-25-20(17-12-14(22)8-11-19(17)26)23-18-5-3-2-4-16(18)21(25)27/h2-12,20,23-24,26H,1H3/t20-/m0/s1. The molecular formula is C21H18BrN3O4S. The highest BCUT2D eigenvalue weighted by molar-refractivity contribution is 9.10. The van der Waals surface area contributed by atoms with Gasteiger partial charge >= 0.3 is 0 Å². The molecule has 0 saturated heterocycles. The van der Waals surface area contributed by atoms with E-state index in [2.05, 4.69) is 26.1 Å². The molecule has 0 fully saturated rings. The second-order valence-electron chi connectivity index (χ2n) is 6.88. The quantitative estimate of drug-likeness (QED) is 0.517. The number of phenolic OH excluding ortho intramolecular Hbond substituents is 1. The van der Waals surface area contributed by atoms with Crippen LogP contribution < -0.4 is 10.1 Å². The Kier molecular flexibility index (Phi) is 5.27. The van der Waals surface area contributed by atoms with Crippen molar-refractivity contribution in [1.29, 1.82) is 0 Å². The fraction of sp³-hybridized carbons (Fsp3) is 0.0952. The largest absolute Gasteiger partial charge is 0.508 e. The summed E-state index contributed by atoms with van der Waals surface area (Å²) in [5, 5.41) is 14.5. The van der Waals surface area contributed by atoms with Gasteiger partial charge in [0.25, 0.3) is 15.9 Å². The van der Waals surface area contributed by atoms with Crippen molar-refractivity contribution >= 4 is 37.5 Å². The van der Waals surface area contributed by atoms with Crippen molar-refractivity contribution in [3.8, 4) is 5.75 Å². The van der Waals surface area contributed by atoms with Crippen LogP contribution in [0.2, 0.25) is 0 Å². The SMILES string of the molecule is Cc1ccc(S(=O)(=O)NN2C(=O)c3ccccc3N[C@@H]2c2cc(Br)ccc2O)cc1. The number of benzene rings is 3. The van der Waals surface area contributed by atoms with Crippen molar-refractivity contribution < 1.29 is 18.3 Å². The predicted molar refractivity (Wildman–Crippen MR) is 116 cm³/mol. The summed E-state index contributed by atoms with van der Waals surface area (Å²) in [6, 6.07) is 17.8. The molecule has 7 nitrogen and oxygen atoms in total. The minimum Gasteiger partial charge on any atom is -0.508 e. The lowest BCUT2D eigenvalue weighted by Gasteiger charge is -2.37. The van der Waals surface area contributed by atoms with E-state index in [0.29, 0.717) is 21.3 Å². The first-order chi connectivity index (χ1) is 14.3. The molecule has 30 heavy (non-hydrogen) atoms. The summed E-state index contributed by atoms with van der Waals surface area (Å²) in [6.07, 6.45) is -0.967. The third-order valence-electron chi connectivity index (χ3n) is 4.76. The number of halogens is 1. The minimum absolute atomic E-state index is 0.0250. The first kappa shape index (κ1) is 20.4. The Morgan fingerprint density at radius 3 is 2.50 bits per heavy atom. The van der Waals surface area contributed by atoms with Gasteiger partial charge in [0.1, 0.15) is 11.9 Å².